The molecule has 1 aromatic carbocycles. The van der Waals surface area contributed by atoms with Gasteiger partial charge < -0.3 is 15.6 Å². The van der Waals surface area contributed by atoms with E-state index in [0.29, 0.717) is 6.42 Å². The topological polar surface area (TPSA) is 72.5 Å². The van der Waals surface area contributed by atoms with Crippen molar-refractivity contribution in [3.63, 3.8) is 0 Å². The lowest BCUT2D eigenvalue weighted by Gasteiger charge is -2.09. The number of benzene rings is 1. The minimum absolute atomic E-state index is 0. The van der Waals surface area contributed by atoms with Gasteiger partial charge in [0.1, 0.15) is 11.8 Å². The Labute approximate surface area is 164 Å². The predicted molar refractivity (Wildman–Crippen MR) is 110 cm³/mol. The fraction of sp³-hybridized carbons (Fsp3) is 0.667. The Bertz CT molecular complexity index is 465. The molecule has 0 aliphatic rings. The van der Waals surface area contributed by atoms with Gasteiger partial charge in [-0.15, -0.1) is 12.4 Å². The molecule has 0 spiro atoms. The number of halogens is 1. The minimum atomic E-state index is -0.971. The van der Waals surface area contributed by atoms with Crippen LogP contribution in [0.25, 0.3) is 0 Å². The number of carbonyl (C=O) groups is 1. The van der Waals surface area contributed by atoms with Crippen molar-refractivity contribution in [1.29, 1.82) is 0 Å². The fourth-order valence-corrected chi connectivity index (χ4v) is 2.84. The number of aliphatic carboxylic acids is 1. The Hall–Kier alpha value is -1.26. The van der Waals surface area contributed by atoms with Gasteiger partial charge in [0, 0.05) is 0 Å². The monoisotopic (exact) mass is 385 g/mol. The zero-order valence-electron chi connectivity index (χ0n) is 16.1. The second-order valence-corrected chi connectivity index (χ2v) is 6.82. The highest BCUT2D eigenvalue weighted by molar-refractivity contribution is 5.85. The van der Waals surface area contributed by atoms with E-state index >= 15 is 0 Å². The van der Waals surface area contributed by atoms with E-state index in [4.69, 9.17) is 15.6 Å². The molecule has 5 heteroatoms. The van der Waals surface area contributed by atoms with Gasteiger partial charge in [0.2, 0.25) is 0 Å². The van der Waals surface area contributed by atoms with Crippen molar-refractivity contribution < 1.29 is 14.6 Å². The first-order valence-electron chi connectivity index (χ1n) is 9.83. The van der Waals surface area contributed by atoms with Gasteiger partial charge in [-0.2, -0.15) is 0 Å². The Morgan fingerprint density at radius 3 is 1.96 bits per heavy atom. The predicted octanol–water partition coefficient (Wildman–Crippen LogP) is 5.36. The van der Waals surface area contributed by atoms with Crippen LogP contribution in [0.4, 0.5) is 0 Å². The third kappa shape index (κ3) is 12.2. The first-order valence-corrected chi connectivity index (χ1v) is 9.83. The molecule has 1 unspecified atom stereocenters. The van der Waals surface area contributed by atoms with Crippen LogP contribution in [0.5, 0.6) is 5.75 Å². The molecular weight excluding hydrogens is 350 g/mol. The molecule has 0 fully saturated rings. The summed E-state index contributed by atoms with van der Waals surface area (Å²) in [5.74, 6) is -0.134. The summed E-state index contributed by atoms with van der Waals surface area (Å²) in [6.45, 7) is 3.00. The van der Waals surface area contributed by atoms with E-state index in [1.807, 2.05) is 24.3 Å². The Kier molecular flexibility index (Phi) is 15.2. The first-order chi connectivity index (χ1) is 12.1. The number of nitrogens with two attached hydrogens (primary N) is 1. The molecule has 0 aliphatic carbocycles. The maximum absolute atomic E-state index is 10.7. The standard InChI is InChI=1S/C21H35NO3.ClH/c1-2-3-4-5-6-7-8-9-10-11-16-25-19-14-12-18(13-15-19)17-20(22)21(23)24;/h12-15,20H,2-11,16-17,22H2,1H3,(H,23,24);1H. The molecule has 3 N–H and O–H groups in total. The van der Waals surface area contributed by atoms with Crippen molar-refractivity contribution in [3.8, 4) is 5.75 Å². The summed E-state index contributed by atoms with van der Waals surface area (Å²) in [6.07, 6.45) is 13.5. The summed E-state index contributed by atoms with van der Waals surface area (Å²) in [7, 11) is 0. The average molecular weight is 386 g/mol. The quantitative estimate of drug-likeness (QED) is 0.398. The van der Waals surface area contributed by atoms with E-state index in [1.165, 1.54) is 57.8 Å². The van der Waals surface area contributed by atoms with Gasteiger partial charge in [-0.1, -0.05) is 76.8 Å². The zero-order valence-corrected chi connectivity index (χ0v) is 16.9. The van der Waals surface area contributed by atoms with Crippen molar-refractivity contribution >= 4 is 18.4 Å². The molecule has 0 heterocycles. The van der Waals surface area contributed by atoms with Gasteiger partial charge in [-0.05, 0) is 30.5 Å². The average Bonchev–Trinajstić information content (AvgIpc) is 2.61. The van der Waals surface area contributed by atoms with E-state index in [1.54, 1.807) is 0 Å². The van der Waals surface area contributed by atoms with Gasteiger partial charge in [0.25, 0.3) is 0 Å². The largest absolute Gasteiger partial charge is 0.494 e. The number of hydrogen-bond acceptors (Lipinski definition) is 3. The lowest BCUT2D eigenvalue weighted by Crippen LogP contribution is -2.32. The molecule has 1 rings (SSSR count). The van der Waals surface area contributed by atoms with Crippen molar-refractivity contribution in [2.45, 2.75) is 83.6 Å². The molecule has 150 valence electrons. The molecule has 4 nitrogen and oxygen atoms in total. The highest BCUT2D eigenvalue weighted by atomic mass is 35.5. The van der Waals surface area contributed by atoms with Gasteiger partial charge in [-0.3, -0.25) is 4.79 Å². The fourth-order valence-electron chi connectivity index (χ4n) is 2.84. The van der Waals surface area contributed by atoms with Crippen LogP contribution in [0.2, 0.25) is 0 Å². The van der Waals surface area contributed by atoms with E-state index < -0.39 is 12.0 Å². The van der Waals surface area contributed by atoms with Gasteiger partial charge in [0.15, 0.2) is 0 Å². The van der Waals surface area contributed by atoms with E-state index in [2.05, 4.69) is 6.92 Å². The number of unbranched alkanes of at least 4 members (excludes halogenated alkanes) is 9. The molecule has 1 atom stereocenters. The van der Waals surface area contributed by atoms with Crippen LogP contribution >= 0.6 is 12.4 Å². The molecule has 0 saturated heterocycles. The summed E-state index contributed by atoms with van der Waals surface area (Å²) in [6, 6.07) is 6.70. The van der Waals surface area contributed by atoms with Gasteiger partial charge >= 0.3 is 5.97 Å². The van der Waals surface area contributed by atoms with Crippen LogP contribution in [0.15, 0.2) is 24.3 Å². The van der Waals surface area contributed by atoms with Crippen molar-refractivity contribution in [2.75, 3.05) is 6.61 Å². The van der Waals surface area contributed by atoms with Crippen LogP contribution in [0.3, 0.4) is 0 Å². The van der Waals surface area contributed by atoms with Crippen molar-refractivity contribution in [3.05, 3.63) is 29.8 Å². The van der Waals surface area contributed by atoms with Gasteiger partial charge in [0.05, 0.1) is 6.61 Å². The SMILES string of the molecule is CCCCCCCCCCCCOc1ccc(CC(N)C(=O)O)cc1.Cl. The number of carboxylic acids is 1. The highest BCUT2D eigenvalue weighted by Crippen LogP contribution is 2.15. The maximum Gasteiger partial charge on any atom is 0.320 e. The van der Waals surface area contributed by atoms with Crippen molar-refractivity contribution in [1.82, 2.24) is 0 Å². The summed E-state index contributed by atoms with van der Waals surface area (Å²) >= 11 is 0. The molecular formula is C21H36ClNO3. The Morgan fingerprint density at radius 2 is 1.46 bits per heavy atom. The van der Waals surface area contributed by atoms with Crippen LogP contribution < -0.4 is 10.5 Å². The number of carboxylic acid groups (broad SMARTS) is 1. The number of hydrogen-bond donors (Lipinski definition) is 2. The molecule has 26 heavy (non-hydrogen) atoms. The number of rotatable bonds is 15. The lowest BCUT2D eigenvalue weighted by molar-refractivity contribution is -0.138. The molecule has 0 saturated carbocycles. The van der Waals surface area contributed by atoms with Crippen LogP contribution in [-0.2, 0) is 11.2 Å². The maximum atomic E-state index is 10.7. The number of ether oxygens (including phenoxy) is 1. The summed E-state index contributed by atoms with van der Waals surface area (Å²) in [5.41, 5.74) is 6.45. The third-order valence-electron chi connectivity index (χ3n) is 4.46. The van der Waals surface area contributed by atoms with Crippen LogP contribution in [0.1, 0.15) is 76.7 Å². The Balaban J connectivity index is 0.00000625. The van der Waals surface area contributed by atoms with E-state index in [9.17, 15) is 4.79 Å². The van der Waals surface area contributed by atoms with Crippen LogP contribution in [0, 0.1) is 0 Å². The third-order valence-corrected chi connectivity index (χ3v) is 4.46. The minimum Gasteiger partial charge on any atom is -0.494 e. The first kappa shape index (κ1) is 24.7. The molecule has 0 radical (unpaired) electrons. The smallest absolute Gasteiger partial charge is 0.320 e. The van der Waals surface area contributed by atoms with E-state index in [0.717, 1.165) is 24.3 Å². The lowest BCUT2D eigenvalue weighted by atomic mass is 10.1. The molecule has 0 aliphatic heterocycles. The Morgan fingerprint density at radius 1 is 0.962 bits per heavy atom. The summed E-state index contributed by atoms with van der Waals surface area (Å²) in [5, 5.41) is 8.82. The van der Waals surface area contributed by atoms with Crippen LogP contribution in [-0.4, -0.2) is 23.7 Å². The summed E-state index contributed by atoms with van der Waals surface area (Å²) in [4.78, 5) is 10.7. The highest BCUT2D eigenvalue weighted by Gasteiger charge is 2.11. The zero-order chi connectivity index (χ0) is 18.3. The second-order valence-electron chi connectivity index (χ2n) is 6.82. The summed E-state index contributed by atoms with van der Waals surface area (Å²) < 4.78 is 5.74. The molecule has 0 bridgehead atoms. The molecule has 1 aromatic rings. The van der Waals surface area contributed by atoms with Crippen molar-refractivity contribution in [2.24, 2.45) is 5.73 Å². The normalized spacial score (nSPS) is 11.6. The molecule has 0 amide bonds. The molecule has 0 aromatic heterocycles. The van der Waals surface area contributed by atoms with E-state index in [-0.39, 0.29) is 12.4 Å². The van der Waals surface area contributed by atoms with Gasteiger partial charge in [-0.25, -0.2) is 0 Å². The second kappa shape index (κ2) is 16.0.